The number of benzene rings is 3. The number of carbonyl (C=O) groups is 1. The molecule has 3 aromatic rings. The molecule has 26 heavy (non-hydrogen) atoms. The minimum absolute atomic E-state index is 0.0517. The van der Waals surface area contributed by atoms with Crippen molar-refractivity contribution in [2.75, 3.05) is 4.90 Å². The van der Waals surface area contributed by atoms with Crippen molar-refractivity contribution in [1.82, 2.24) is 0 Å². The lowest BCUT2D eigenvalue weighted by atomic mass is 10.1. The van der Waals surface area contributed by atoms with Gasteiger partial charge in [-0.2, -0.15) is 0 Å². The van der Waals surface area contributed by atoms with Crippen molar-refractivity contribution in [3.63, 3.8) is 0 Å². The molecule has 0 aliphatic heterocycles. The maximum Gasteiger partial charge on any atom is 0.271 e. The Balaban J connectivity index is 2.01. The lowest BCUT2D eigenvalue weighted by molar-refractivity contribution is -0.384. The number of hydrogen-bond acceptors (Lipinski definition) is 3. The van der Waals surface area contributed by atoms with Gasteiger partial charge in [-0.25, -0.2) is 0 Å². The Kier molecular flexibility index (Phi) is 5.43. The summed E-state index contributed by atoms with van der Waals surface area (Å²) in [7, 11) is 0. The predicted molar refractivity (Wildman–Crippen MR) is 104 cm³/mol. The molecule has 5 nitrogen and oxygen atoms in total. The van der Waals surface area contributed by atoms with E-state index in [2.05, 4.69) is 15.9 Å². The van der Waals surface area contributed by atoms with E-state index in [0.29, 0.717) is 17.8 Å². The second kappa shape index (κ2) is 7.93. The number of halogens is 1. The molecule has 0 N–H and O–H groups in total. The van der Waals surface area contributed by atoms with Crippen molar-refractivity contribution in [2.24, 2.45) is 0 Å². The van der Waals surface area contributed by atoms with Gasteiger partial charge in [-0.15, -0.1) is 0 Å². The van der Waals surface area contributed by atoms with Gasteiger partial charge in [0.05, 0.1) is 17.2 Å². The van der Waals surface area contributed by atoms with Gasteiger partial charge in [-0.1, -0.05) is 52.3 Å². The summed E-state index contributed by atoms with van der Waals surface area (Å²) < 4.78 is 0.874. The minimum atomic E-state index is -0.464. The first-order valence-electron chi connectivity index (χ1n) is 7.90. The molecule has 1 amide bonds. The number of non-ortho nitro benzene ring substituents is 1. The number of nitro benzene ring substituents is 1. The van der Waals surface area contributed by atoms with E-state index in [1.54, 1.807) is 41.3 Å². The fourth-order valence-electron chi connectivity index (χ4n) is 2.57. The molecule has 3 aromatic carbocycles. The van der Waals surface area contributed by atoms with E-state index < -0.39 is 4.92 Å². The molecule has 0 fully saturated rings. The molecule has 0 bridgehead atoms. The third kappa shape index (κ3) is 4.15. The average Bonchev–Trinajstić information content (AvgIpc) is 2.67. The van der Waals surface area contributed by atoms with Gasteiger partial charge in [0.15, 0.2) is 0 Å². The van der Waals surface area contributed by atoms with Crippen LogP contribution in [0.2, 0.25) is 0 Å². The highest BCUT2D eigenvalue weighted by atomic mass is 79.9. The molecular formula is C20H15BrN2O3. The van der Waals surface area contributed by atoms with Gasteiger partial charge in [0, 0.05) is 22.2 Å². The number of nitro groups is 1. The second-order valence-electron chi connectivity index (χ2n) is 5.66. The highest BCUT2D eigenvalue weighted by molar-refractivity contribution is 9.10. The monoisotopic (exact) mass is 410 g/mol. The van der Waals surface area contributed by atoms with Gasteiger partial charge in [0.2, 0.25) is 0 Å². The molecule has 0 aliphatic carbocycles. The second-order valence-corrected chi connectivity index (χ2v) is 6.58. The Morgan fingerprint density at radius 2 is 1.65 bits per heavy atom. The molecule has 0 unspecified atom stereocenters. The van der Waals surface area contributed by atoms with Crippen LogP contribution in [0.15, 0.2) is 83.3 Å². The highest BCUT2D eigenvalue weighted by Crippen LogP contribution is 2.25. The van der Waals surface area contributed by atoms with Gasteiger partial charge >= 0.3 is 0 Å². The molecule has 0 aromatic heterocycles. The fraction of sp³-hybridized carbons (Fsp3) is 0.0500. The zero-order valence-corrected chi connectivity index (χ0v) is 15.3. The summed E-state index contributed by atoms with van der Waals surface area (Å²) in [6.45, 7) is 0.316. The molecule has 6 heteroatoms. The summed E-state index contributed by atoms with van der Waals surface area (Å²) in [6.07, 6.45) is 0. The predicted octanol–water partition coefficient (Wildman–Crippen LogP) is 5.20. The van der Waals surface area contributed by atoms with Crippen LogP contribution in [0, 0.1) is 10.1 Å². The first-order valence-corrected chi connectivity index (χ1v) is 8.70. The Hall–Kier alpha value is -2.99. The topological polar surface area (TPSA) is 63.5 Å². The third-order valence-electron chi connectivity index (χ3n) is 3.87. The van der Waals surface area contributed by atoms with E-state index in [0.717, 1.165) is 10.0 Å². The number of anilines is 1. The normalized spacial score (nSPS) is 10.3. The van der Waals surface area contributed by atoms with Gasteiger partial charge in [0.25, 0.3) is 11.6 Å². The Morgan fingerprint density at radius 1 is 0.962 bits per heavy atom. The number of rotatable bonds is 5. The van der Waals surface area contributed by atoms with Crippen molar-refractivity contribution >= 4 is 33.2 Å². The average molecular weight is 411 g/mol. The van der Waals surface area contributed by atoms with Crippen LogP contribution in [-0.4, -0.2) is 10.8 Å². The molecule has 0 heterocycles. The van der Waals surface area contributed by atoms with E-state index in [1.165, 1.54) is 12.1 Å². The maximum absolute atomic E-state index is 13.1. The molecule has 3 rings (SSSR count). The van der Waals surface area contributed by atoms with Gasteiger partial charge in [-0.3, -0.25) is 14.9 Å². The summed E-state index contributed by atoms with van der Waals surface area (Å²) >= 11 is 3.36. The lowest BCUT2D eigenvalue weighted by Gasteiger charge is -2.23. The molecule has 0 atom stereocenters. The Labute approximate surface area is 159 Å². The fourth-order valence-corrected chi connectivity index (χ4v) is 2.83. The summed E-state index contributed by atoms with van der Waals surface area (Å²) in [6, 6.07) is 22.7. The van der Waals surface area contributed by atoms with Crippen molar-refractivity contribution < 1.29 is 9.72 Å². The van der Waals surface area contributed by atoms with Crippen LogP contribution in [0.3, 0.4) is 0 Å². The van der Waals surface area contributed by atoms with Crippen LogP contribution in [0.25, 0.3) is 0 Å². The van der Waals surface area contributed by atoms with E-state index in [9.17, 15) is 14.9 Å². The van der Waals surface area contributed by atoms with Crippen molar-refractivity contribution in [1.29, 1.82) is 0 Å². The molecule has 0 aliphatic rings. The van der Waals surface area contributed by atoms with Crippen molar-refractivity contribution in [2.45, 2.75) is 6.54 Å². The van der Waals surface area contributed by atoms with E-state index in [-0.39, 0.29) is 11.6 Å². The van der Waals surface area contributed by atoms with Crippen LogP contribution in [-0.2, 0) is 6.54 Å². The van der Waals surface area contributed by atoms with Crippen LogP contribution >= 0.6 is 15.9 Å². The summed E-state index contributed by atoms with van der Waals surface area (Å²) in [5.41, 5.74) is 1.88. The molecular weight excluding hydrogens is 396 g/mol. The van der Waals surface area contributed by atoms with E-state index in [1.807, 2.05) is 30.3 Å². The zero-order chi connectivity index (χ0) is 18.5. The van der Waals surface area contributed by atoms with Crippen LogP contribution in [0.1, 0.15) is 15.9 Å². The Bertz CT molecular complexity index is 927. The van der Waals surface area contributed by atoms with Crippen molar-refractivity contribution in [3.05, 3.63) is 105 Å². The molecule has 0 saturated carbocycles. The standard InChI is InChI=1S/C20H15BrN2O3/c21-17-11-9-16(10-12-17)20(24)22(14-15-5-2-1-3-6-15)18-7-4-8-19(13-18)23(25)26/h1-13H,14H2. The number of carbonyl (C=O) groups excluding carboxylic acids is 1. The smallest absolute Gasteiger partial charge is 0.271 e. The zero-order valence-electron chi connectivity index (χ0n) is 13.7. The van der Waals surface area contributed by atoms with E-state index in [4.69, 9.17) is 0 Å². The first kappa shape index (κ1) is 17.8. The summed E-state index contributed by atoms with van der Waals surface area (Å²) in [4.78, 5) is 25.3. The largest absolute Gasteiger partial charge is 0.304 e. The summed E-state index contributed by atoms with van der Waals surface area (Å²) in [5, 5.41) is 11.1. The SMILES string of the molecule is O=C(c1ccc(Br)cc1)N(Cc1ccccc1)c1cccc([N+](=O)[O-])c1. The van der Waals surface area contributed by atoms with Gasteiger partial charge in [-0.05, 0) is 35.9 Å². The number of nitrogens with zero attached hydrogens (tertiary/aromatic N) is 2. The number of hydrogen-bond donors (Lipinski definition) is 0. The van der Waals surface area contributed by atoms with Crippen molar-refractivity contribution in [3.8, 4) is 0 Å². The third-order valence-corrected chi connectivity index (χ3v) is 4.40. The molecule has 0 spiro atoms. The molecule has 130 valence electrons. The quantitative estimate of drug-likeness (QED) is 0.428. The number of amides is 1. The van der Waals surface area contributed by atoms with Crippen LogP contribution in [0.4, 0.5) is 11.4 Å². The highest BCUT2D eigenvalue weighted by Gasteiger charge is 2.20. The maximum atomic E-state index is 13.1. The van der Waals surface area contributed by atoms with Crippen LogP contribution < -0.4 is 4.90 Å². The van der Waals surface area contributed by atoms with E-state index >= 15 is 0 Å². The summed E-state index contributed by atoms with van der Waals surface area (Å²) in [5.74, 6) is -0.221. The minimum Gasteiger partial charge on any atom is -0.304 e. The lowest BCUT2D eigenvalue weighted by Crippen LogP contribution is -2.30. The van der Waals surface area contributed by atoms with Gasteiger partial charge in [0.1, 0.15) is 0 Å². The molecule has 0 radical (unpaired) electrons. The van der Waals surface area contributed by atoms with Crippen LogP contribution in [0.5, 0.6) is 0 Å². The Morgan fingerprint density at radius 3 is 2.31 bits per heavy atom. The molecule has 0 saturated heterocycles. The van der Waals surface area contributed by atoms with Gasteiger partial charge < -0.3 is 4.90 Å². The first-order chi connectivity index (χ1) is 12.5.